The largest absolute Gasteiger partial charge is 0.326 e. The Morgan fingerprint density at radius 3 is 2.58 bits per heavy atom. The molecule has 1 atom stereocenters. The lowest BCUT2D eigenvalue weighted by Gasteiger charge is -2.17. The number of aryl methyl sites for hydroxylation is 2. The van der Waals surface area contributed by atoms with Crippen molar-refractivity contribution in [1.29, 1.82) is 0 Å². The molecule has 24 heavy (non-hydrogen) atoms. The predicted molar refractivity (Wildman–Crippen MR) is 96.5 cm³/mol. The molecule has 0 spiro atoms. The first-order chi connectivity index (χ1) is 11.4. The van der Waals surface area contributed by atoms with E-state index < -0.39 is 0 Å². The van der Waals surface area contributed by atoms with Crippen LogP contribution in [0.5, 0.6) is 0 Å². The van der Waals surface area contributed by atoms with Crippen molar-refractivity contribution in [3.63, 3.8) is 0 Å². The Morgan fingerprint density at radius 2 is 1.88 bits per heavy atom. The van der Waals surface area contributed by atoms with Gasteiger partial charge in [0.1, 0.15) is 0 Å². The monoisotopic (exact) mass is 342 g/mol. The van der Waals surface area contributed by atoms with Gasteiger partial charge in [-0.25, -0.2) is 0 Å². The van der Waals surface area contributed by atoms with Gasteiger partial charge < -0.3 is 10.2 Å². The molecule has 1 heterocycles. The van der Waals surface area contributed by atoms with Gasteiger partial charge in [-0.15, -0.1) is 0 Å². The number of benzene rings is 2. The van der Waals surface area contributed by atoms with Gasteiger partial charge in [-0.2, -0.15) is 0 Å². The van der Waals surface area contributed by atoms with E-state index in [1.807, 2.05) is 32.0 Å². The first-order valence-electron chi connectivity index (χ1n) is 7.88. The molecule has 2 aromatic rings. The fourth-order valence-electron chi connectivity index (χ4n) is 2.86. The van der Waals surface area contributed by atoms with Crippen LogP contribution in [0.1, 0.15) is 17.5 Å². The summed E-state index contributed by atoms with van der Waals surface area (Å²) in [5.41, 5.74) is 3.66. The number of anilines is 2. The van der Waals surface area contributed by atoms with E-state index in [0.717, 1.165) is 22.5 Å². The summed E-state index contributed by atoms with van der Waals surface area (Å²) in [6.45, 7) is 4.32. The van der Waals surface area contributed by atoms with E-state index >= 15 is 0 Å². The van der Waals surface area contributed by atoms with Gasteiger partial charge >= 0.3 is 0 Å². The molecular formula is C19H19ClN2O2. The first kappa shape index (κ1) is 16.5. The molecule has 5 heteroatoms. The van der Waals surface area contributed by atoms with Crippen molar-refractivity contribution < 1.29 is 9.59 Å². The highest BCUT2D eigenvalue weighted by atomic mass is 35.5. The van der Waals surface area contributed by atoms with Gasteiger partial charge in [0.05, 0.1) is 5.92 Å². The number of amides is 2. The van der Waals surface area contributed by atoms with E-state index in [1.54, 1.807) is 29.2 Å². The molecule has 0 aromatic heterocycles. The molecule has 1 aliphatic rings. The van der Waals surface area contributed by atoms with E-state index in [0.29, 0.717) is 11.6 Å². The lowest BCUT2D eigenvalue weighted by Crippen LogP contribution is -2.28. The van der Waals surface area contributed by atoms with Crippen molar-refractivity contribution in [3.8, 4) is 0 Å². The molecule has 3 rings (SSSR count). The molecule has 1 saturated heterocycles. The van der Waals surface area contributed by atoms with Crippen molar-refractivity contribution in [2.75, 3.05) is 16.8 Å². The molecule has 1 N–H and O–H groups in total. The summed E-state index contributed by atoms with van der Waals surface area (Å²) < 4.78 is 0. The summed E-state index contributed by atoms with van der Waals surface area (Å²) >= 11 is 5.88. The second-order valence-electron chi connectivity index (χ2n) is 6.19. The van der Waals surface area contributed by atoms with E-state index in [-0.39, 0.29) is 24.2 Å². The Bertz CT molecular complexity index is 786. The Kier molecular flexibility index (Phi) is 4.58. The summed E-state index contributed by atoms with van der Waals surface area (Å²) in [4.78, 5) is 26.4. The molecule has 1 unspecified atom stereocenters. The summed E-state index contributed by atoms with van der Waals surface area (Å²) in [6.07, 6.45) is 0.222. The van der Waals surface area contributed by atoms with Crippen LogP contribution in [-0.2, 0) is 9.59 Å². The van der Waals surface area contributed by atoms with Crippen LogP contribution in [0.25, 0.3) is 0 Å². The fourth-order valence-corrected chi connectivity index (χ4v) is 2.99. The molecule has 1 fully saturated rings. The van der Waals surface area contributed by atoms with Gasteiger partial charge in [0.25, 0.3) is 0 Å². The number of hydrogen-bond acceptors (Lipinski definition) is 2. The Balaban J connectivity index is 1.72. The minimum absolute atomic E-state index is 0.0431. The molecule has 0 bridgehead atoms. The van der Waals surface area contributed by atoms with E-state index in [1.165, 1.54) is 0 Å². The minimum Gasteiger partial charge on any atom is -0.326 e. The molecule has 2 amide bonds. The lowest BCUT2D eigenvalue weighted by atomic mass is 10.1. The molecule has 0 saturated carbocycles. The van der Waals surface area contributed by atoms with Crippen LogP contribution < -0.4 is 10.2 Å². The third-order valence-corrected chi connectivity index (χ3v) is 4.54. The number of nitrogens with zero attached hydrogens (tertiary/aromatic N) is 1. The standard InChI is InChI=1S/C19H19ClN2O2/c1-12-3-4-13(2)17(9-12)21-19(24)14-10-18(23)22(11-14)16-7-5-15(20)6-8-16/h3-9,14H,10-11H2,1-2H3,(H,21,24). The quantitative estimate of drug-likeness (QED) is 0.918. The average Bonchev–Trinajstić information content (AvgIpc) is 2.94. The summed E-state index contributed by atoms with van der Waals surface area (Å²) in [5.74, 6) is -0.514. The van der Waals surface area contributed by atoms with Crippen molar-refractivity contribution in [1.82, 2.24) is 0 Å². The molecule has 4 nitrogen and oxygen atoms in total. The highest BCUT2D eigenvalue weighted by molar-refractivity contribution is 6.30. The molecule has 0 radical (unpaired) electrons. The van der Waals surface area contributed by atoms with Gasteiger partial charge in [0, 0.05) is 29.4 Å². The van der Waals surface area contributed by atoms with Crippen molar-refractivity contribution in [2.45, 2.75) is 20.3 Å². The van der Waals surface area contributed by atoms with Gasteiger partial charge in [-0.3, -0.25) is 9.59 Å². The van der Waals surface area contributed by atoms with Crippen LogP contribution in [0.3, 0.4) is 0 Å². The van der Waals surface area contributed by atoms with Crippen LogP contribution in [0.4, 0.5) is 11.4 Å². The maximum Gasteiger partial charge on any atom is 0.229 e. The Morgan fingerprint density at radius 1 is 1.17 bits per heavy atom. The smallest absolute Gasteiger partial charge is 0.229 e. The highest BCUT2D eigenvalue weighted by Gasteiger charge is 2.35. The first-order valence-corrected chi connectivity index (χ1v) is 8.26. The molecular weight excluding hydrogens is 324 g/mol. The molecule has 0 aliphatic carbocycles. The SMILES string of the molecule is Cc1ccc(C)c(NC(=O)C2CC(=O)N(c3ccc(Cl)cc3)C2)c1. The van der Waals surface area contributed by atoms with E-state index in [9.17, 15) is 9.59 Å². The minimum atomic E-state index is -0.354. The number of nitrogens with one attached hydrogen (secondary N) is 1. The number of halogens is 1. The highest BCUT2D eigenvalue weighted by Crippen LogP contribution is 2.27. The molecule has 124 valence electrons. The van der Waals surface area contributed by atoms with Crippen LogP contribution in [0, 0.1) is 19.8 Å². The second-order valence-corrected chi connectivity index (χ2v) is 6.63. The second kappa shape index (κ2) is 6.65. The number of hydrogen-bond donors (Lipinski definition) is 1. The number of carbonyl (C=O) groups is 2. The topological polar surface area (TPSA) is 49.4 Å². The predicted octanol–water partition coefficient (Wildman–Crippen LogP) is 3.95. The van der Waals surface area contributed by atoms with E-state index in [4.69, 9.17) is 11.6 Å². The normalized spacial score (nSPS) is 17.2. The fraction of sp³-hybridized carbons (Fsp3) is 0.263. The van der Waals surface area contributed by atoms with Gasteiger partial charge in [-0.05, 0) is 55.3 Å². The lowest BCUT2D eigenvalue weighted by molar-refractivity contribution is -0.122. The summed E-state index contributed by atoms with van der Waals surface area (Å²) in [5, 5.41) is 3.58. The Hall–Kier alpha value is -2.33. The van der Waals surface area contributed by atoms with Crippen LogP contribution in [0.15, 0.2) is 42.5 Å². The van der Waals surface area contributed by atoms with Crippen LogP contribution in [-0.4, -0.2) is 18.4 Å². The maximum absolute atomic E-state index is 12.5. The van der Waals surface area contributed by atoms with Crippen molar-refractivity contribution >= 4 is 34.8 Å². The average molecular weight is 343 g/mol. The van der Waals surface area contributed by atoms with Crippen molar-refractivity contribution in [3.05, 3.63) is 58.6 Å². The Labute approximate surface area is 146 Å². The van der Waals surface area contributed by atoms with Gasteiger partial charge in [0.2, 0.25) is 11.8 Å². The van der Waals surface area contributed by atoms with Crippen LogP contribution >= 0.6 is 11.6 Å². The van der Waals surface area contributed by atoms with E-state index in [2.05, 4.69) is 5.32 Å². The summed E-state index contributed by atoms with van der Waals surface area (Å²) in [6, 6.07) is 13.0. The van der Waals surface area contributed by atoms with Crippen LogP contribution in [0.2, 0.25) is 5.02 Å². The zero-order chi connectivity index (χ0) is 17.3. The number of carbonyl (C=O) groups excluding carboxylic acids is 2. The molecule has 1 aliphatic heterocycles. The third-order valence-electron chi connectivity index (χ3n) is 4.29. The van der Waals surface area contributed by atoms with Crippen molar-refractivity contribution in [2.24, 2.45) is 5.92 Å². The maximum atomic E-state index is 12.5. The molecule has 2 aromatic carbocycles. The zero-order valence-corrected chi connectivity index (χ0v) is 14.4. The van der Waals surface area contributed by atoms with Gasteiger partial charge in [0.15, 0.2) is 0 Å². The number of rotatable bonds is 3. The summed E-state index contributed by atoms with van der Waals surface area (Å²) in [7, 11) is 0. The third kappa shape index (κ3) is 3.44. The zero-order valence-electron chi connectivity index (χ0n) is 13.7. The van der Waals surface area contributed by atoms with Gasteiger partial charge in [-0.1, -0.05) is 23.7 Å².